The molecule has 1 amide bonds. The van der Waals surface area contributed by atoms with Gasteiger partial charge in [0.15, 0.2) is 0 Å². The van der Waals surface area contributed by atoms with Gasteiger partial charge in [0.05, 0.1) is 11.2 Å². The molecule has 1 saturated heterocycles. The number of carbonyl (C=O) groups excluding carboxylic acids is 1. The summed E-state index contributed by atoms with van der Waals surface area (Å²) >= 11 is 0. The maximum atomic E-state index is 12.1. The molecule has 1 aromatic heterocycles. The Labute approximate surface area is 101 Å². The molecule has 0 saturated carbocycles. The van der Waals surface area contributed by atoms with Gasteiger partial charge in [0, 0.05) is 12.1 Å². The van der Waals surface area contributed by atoms with Gasteiger partial charge in [-0.05, 0) is 40.2 Å². The van der Waals surface area contributed by atoms with Gasteiger partial charge in [-0.15, -0.1) is 0 Å². The molecule has 2 N–H and O–H groups in total. The molecule has 0 bridgehead atoms. The highest BCUT2D eigenvalue weighted by atomic mass is 16.5. The van der Waals surface area contributed by atoms with E-state index in [1.54, 1.807) is 0 Å². The average Bonchev–Trinajstić information content (AvgIpc) is 2.85. The third kappa shape index (κ3) is 2.34. The smallest absolute Gasteiger partial charge is 0.240 e. The topological polar surface area (TPSA) is 67.2 Å². The van der Waals surface area contributed by atoms with Crippen molar-refractivity contribution in [3.05, 3.63) is 17.0 Å². The Hall–Kier alpha value is -1.36. The van der Waals surface area contributed by atoms with Crippen LogP contribution in [-0.2, 0) is 11.3 Å². The van der Waals surface area contributed by atoms with E-state index in [1.165, 1.54) is 0 Å². The minimum Gasteiger partial charge on any atom is -0.361 e. The summed E-state index contributed by atoms with van der Waals surface area (Å²) in [6.45, 7) is 7.08. The zero-order valence-corrected chi connectivity index (χ0v) is 10.6. The molecule has 2 heterocycles. The summed E-state index contributed by atoms with van der Waals surface area (Å²) in [4.78, 5) is 12.1. The van der Waals surface area contributed by atoms with Gasteiger partial charge >= 0.3 is 0 Å². The van der Waals surface area contributed by atoms with E-state index in [9.17, 15) is 4.79 Å². The highest BCUT2D eigenvalue weighted by molar-refractivity contribution is 5.86. The first kappa shape index (κ1) is 12.1. The third-order valence-corrected chi connectivity index (χ3v) is 3.48. The quantitative estimate of drug-likeness (QED) is 0.824. The highest BCUT2D eigenvalue weighted by Crippen LogP contribution is 2.19. The van der Waals surface area contributed by atoms with E-state index < -0.39 is 5.54 Å². The minimum absolute atomic E-state index is 0.0509. The molecular weight excluding hydrogens is 218 g/mol. The van der Waals surface area contributed by atoms with Gasteiger partial charge in [0.1, 0.15) is 5.76 Å². The van der Waals surface area contributed by atoms with Crippen LogP contribution in [0.15, 0.2) is 4.52 Å². The van der Waals surface area contributed by atoms with E-state index in [-0.39, 0.29) is 5.91 Å². The summed E-state index contributed by atoms with van der Waals surface area (Å²) < 4.78 is 5.06. The molecule has 5 nitrogen and oxygen atoms in total. The van der Waals surface area contributed by atoms with Crippen molar-refractivity contribution in [2.45, 2.75) is 45.7 Å². The lowest BCUT2D eigenvalue weighted by atomic mass is 9.99. The van der Waals surface area contributed by atoms with Crippen LogP contribution in [0.3, 0.4) is 0 Å². The fourth-order valence-corrected chi connectivity index (χ4v) is 2.21. The number of nitrogens with zero attached hydrogens (tertiary/aromatic N) is 1. The lowest BCUT2D eigenvalue weighted by Crippen LogP contribution is -2.50. The number of amides is 1. The van der Waals surface area contributed by atoms with Gasteiger partial charge < -0.3 is 15.2 Å². The Balaban J connectivity index is 1.97. The second-order valence-electron chi connectivity index (χ2n) is 4.85. The molecule has 1 aliphatic rings. The van der Waals surface area contributed by atoms with Gasteiger partial charge in [-0.3, -0.25) is 4.79 Å². The van der Waals surface area contributed by atoms with Crippen molar-refractivity contribution in [1.82, 2.24) is 15.8 Å². The van der Waals surface area contributed by atoms with Crippen molar-refractivity contribution in [1.29, 1.82) is 0 Å². The van der Waals surface area contributed by atoms with E-state index in [1.807, 2.05) is 20.8 Å². The number of carbonyl (C=O) groups is 1. The van der Waals surface area contributed by atoms with Gasteiger partial charge in [-0.25, -0.2) is 0 Å². The zero-order chi connectivity index (χ0) is 12.5. The first-order chi connectivity index (χ1) is 8.03. The fraction of sp³-hybridized carbons (Fsp3) is 0.667. The summed E-state index contributed by atoms with van der Waals surface area (Å²) in [6.07, 6.45) is 1.94. The summed E-state index contributed by atoms with van der Waals surface area (Å²) in [6, 6.07) is 0. The van der Waals surface area contributed by atoms with Crippen LogP contribution in [-0.4, -0.2) is 23.1 Å². The van der Waals surface area contributed by atoms with E-state index in [2.05, 4.69) is 15.8 Å². The molecule has 0 spiro atoms. The molecule has 0 aromatic carbocycles. The zero-order valence-electron chi connectivity index (χ0n) is 10.6. The highest BCUT2D eigenvalue weighted by Gasteiger charge is 2.35. The molecule has 1 fully saturated rings. The summed E-state index contributed by atoms with van der Waals surface area (Å²) in [7, 11) is 0. The number of aromatic nitrogens is 1. The number of rotatable bonds is 3. The second-order valence-corrected chi connectivity index (χ2v) is 4.85. The molecule has 2 rings (SSSR count). The average molecular weight is 237 g/mol. The minimum atomic E-state index is -0.418. The van der Waals surface area contributed by atoms with Gasteiger partial charge in [-0.1, -0.05) is 5.16 Å². The number of nitrogens with one attached hydrogen (secondary N) is 2. The van der Waals surface area contributed by atoms with E-state index in [4.69, 9.17) is 4.52 Å². The fourth-order valence-electron chi connectivity index (χ4n) is 2.21. The van der Waals surface area contributed by atoms with Crippen molar-refractivity contribution >= 4 is 5.91 Å². The molecule has 17 heavy (non-hydrogen) atoms. The van der Waals surface area contributed by atoms with E-state index in [0.717, 1.165) is 36.4 Å². The van der Waals surface area contributed by atoms with Gasteiger partial charge in [-0.2, -0.15) is 0 Å². The van der Waals surface area contributed by atoms with Crippen molar-refractivity contribution in [3.8, 4) is 0 Å². The van der Waals surface area contributed by atoms with E-state index in [0.29, 0.717) is 6.54 Å². The molecular formula is C12H19N3O2. The van der Waals surface area contributed by atoms with Crippen molar-refractivity contribution < 1.29 is 9.32 Å². The normalized spacial score (nSPS) is 23.9. The maximum absolute atomic E-state index is 12.1. The number of hydrogen-bond donors (Lipinski definition) is 2. The predicted molar refractivity (Wildman–Crippen MR) is 63.5 cm³/mol. The molecule has 1 atom stereocenters. The van der Waals surface area contributed by atoms with Crippen LogP contribution in [0.1, 0.15) is 36.8 Å². The Bertz CT molecular complexity index is 400. The molecule has 1 aromatic rings. The Kier molecular flexibility index (Phi) is 3.19. The number of aryl methyl sites for hydroxylation is 2. The monoisotopic (exact) mass is 237 g/mol. The Morgan fingerprint density at radius 2 is 2.35 bits per heavy atom. The van der Waals surface area contributed by atoms with Crippen molar-refractivity contribution in [3.63, 3.8) is 0 Å². The van der Waals surface area contributed by atoms with Gasteiger partial charge in [0.2, 0.25) is 5.91 Å². The van der Waals surface area contributed by atoms with Crippen LogP contribution in [0.4, 0.5) is 0 Å². The number of hydrogen-bond acceptors (Lipinski definition) is 4. The lowest BCUT2D eigenvalue weighted by molar-refractivity contribution is -0.126. The van der Waals surface area contributed by atoms with Crippen LogP contribution in [0.2, 0.25) is 0 Å². The molecule has 1 aliphatic heterocycles. The first-order valence-corrected chi connectivity index (χ1v) is 5.98. The Morgan fingerprint density at radius 3 is 2.88 bits per heavy atom. The summed E-state index contributed by atoms with van der Waals surface area (Å²) in [5.41, 5.74) is 1.39. The Morgan fingerprint density at radius 1 is 1.59 bits per heavy atom. The summed E-state index contributed by atoms with van der Waals surface area (Å²) in [5, 5.41) is 10.1. The van der Waals surface area contributed by atoms with Crippen molar-refractivity contribution in [2.75, 3.05) is 6.54 Å². The predicted octanol–water partition coefficient (Wildman–Crippen LogP) is 1.05. The first-order valence-electron chi connectivity index (χ1n) is 5.98. The SMILES string of the molecule is Cc1noc(C)c1CNC(=O)C1(C)CCCN1. The standard InChI is InChI=1S/C12H19N3O2/c1-8-10(9(2)17-15-8)7-13-11(16)12(3)5-4-6-14-12/h14H,4-7H2,1-3H3,(H,13,16). The molecule has 0 aliphatic carbocycles. The molecule has 94 valence electrons. The van der Waals surface area contributed by atoms with E-state index >= 15 is 0 Å². The third-order valence-electron chi connectivity index (χ3n) is 3.48. The van der Waals surface area contributed by atoms with Crippen LogP contribution in [0.5, 0.6) is 0 Å². The van der Waals surface area contributed by atoms with Crippen LogP contribution >= 0.6 is 0 Å². The van der Waals surface area contributed by atoms with Crippen LogP contribution in [0, 0.1) is 13.8 Å². The molecule has 0 radical (unpaired) electrons. The lowest BCUT2D eigenvalue weighted by Gasteiger charge is -2.22. The molecule has 1 unspecified atom stereocenters. The largest absolute Gasteiger partial charge is 0.361 e. The van der Waals surface area contributed by atoms with Gasteiger partial charge in [0.25, 0.3) is 0 Å². The van der Waals surface area contributed by atoms with Crippen molar-refractivity contribution in [2.24, 2.45) is 0 Å². The van der Waals surface area contributed by atoms with Crippen LogP contribution in [0.25, 0.3) is 0 Å². The second kappa shape index (κ2) is 4.49. The molecule has 5 heteroatoms. The maximum Gasteiger partial charge on any atom is 0.240 e. The van der Waals surface area contributed by atoms with Crippen LogP contribution < -0.4 is 10.6 Å². The summed E-state index contributed by atoms with van der Waals surface area (Å²) in [5.74, 6) is 0.822.